The standard InChI is InChI=1S/C21H25NO5/c1-5-12-27-18-10-6-15(13-20(18)26-4)7-11-21(23)22-17-9-8-16(24-2)14-19(17)25-3/h6-11,13-14H,5,12H2,1-4H3,(H,22,23). The monoisotopic (exact) mass is 371 g/mol. The molecule has 2 aromatic rings. The SMILES string of the molecule is CCCOc1ccc(C=CC(=O)Nc2ccc(OC)cc2OC)cc1OC. The van der Waals surface area contributed by atoms with E-state index in [1.54, 1.807) is 38.5 Å². The van der Waals surface area contributed by atoms with E-state index in [0.29, 0.717) is 35.3 Å². The van der Waals surface area contributed by atoms with E-state index in [2.05, 4.69) is 5.32 Å². The van der Waals surface area contributed by atoms with Crippen molar-refractivity contribution in [3.05, 3.63) is 48.0 Å². The molecule has 2 rings (SSSR count). The number of rotatable bonds is 9. The van der Waals surface area contributed by atoms with E-state index < -0.39 is 0 Å². The van der Waals surface area contributed by atoms with Crippen molar-refractivity contribution in [1.29, 1.82) is 0 Å². The number of hydrogen-bond donors (Lipinski definition) is 1. The Morgan fingerprint density at radius 3 is 2.41 bits per heavy atom. The minimum atomic E-state index is -0.274. The zero-order valence-corrected chi connectivity index (χ0v) is 16.1. The van der Waals surface area contributed by atoms with Crippen molar-refractivity contribution in [2.24, 2.45) is 0 Å². The highest BCUT2D eigenvalue weighted by Gasteiger charge is 2.08. The van der Waals surface area contributed by atoms with E-state index in [0.717, 1.165) is 12.0 Å². The van der Waals surface area contributed by atoms with Crippen LogP contribution in [0.4, 0.5) is 5.69 Å². The van der Waals surface area contributed by atoms with Crippen molar-refractivity contribution in [1.82, 2.24) is 0 Å². The first-order valence-electron chi connectivity index (χ1n) is 8.63. The van der Waals surface area contributed by atoms with Gasteiger partial charge in [-0.2, -0.15) is 0 Å². The van der Waals surface area contributed by atoms with Crippen LogP contribution in [0.2, 0.25) is 0 Å². The molecule has 0 atom stereocenters. The highest BCUT2D eigenvalue weighted by atomic mass is 16.5. The van der Waals surface area contributed by atoms with Crippen LogP contribution in [0.15, 0.2) is 42.5 Å². The van der Waals surface area contributed by atoms with Gasteiger partial charge >= 0.3 is 0 Å². The summed E-state index contributed by atoms with van der Waals surface area (Å²) in [6.07, 6.45) is 4.07. The Bertz CT molecular complexity index is 801. The molecule has 0 aliphatic carbocycles. The second-order valence-electron chi connectivity index (χ2n) is 5.65. The van der Waals surface area contributed by atoms with Gasteiger partial charge in [-0.05, 0) is 42.3 Å². The van der Waals surface area contributed by atoms with Crippen LogP contribution in [0.1, 0.15) is 18.9 Å². The molecule has 27 heavy (non-hydrogen) atoms. The molecular weight excluding hydrogens is 346 g/mol. The topological polar surface area (TPSA) is 66.0 Å². The minimum Gasteiger partial charge on any atom is -0.497 e. The van der Waals surface area contributed by atoms with Gasteiger partial charge in [0.2, 0.25) is 5.91 Å². The van der Waals surface area contributed by atoms with E-state index in [4.69, 9.17) is 18.9 Å². The van der Waals surface area contributed by atoms with Crippen molar-refractivity contribution in [2.45, 2.75) is 13.3 Å². The van der Waals surface area contributed by atoms with Gasteiger partial charge in [0.1, 0.15) is 11.5 Å². The Hall–Kier alpha value is -3.15. The number of amides is 1. The van der Waals surface area contributed by atoms with Gasteiger partial charge in [0.05, 0.1) is 33.6 Å². The lowest BCUT2D eigenvalue weighted by molar-refractivity contribution is -0.111. The number of anilines is 1. The maximum absolute atomic E-state index is 12.2. The van der Waals surface area contributed by atoms with Gasteiger partial charge in [0.15, 0.2) is 11.5 Å². The van der Waals surface area contributed by atoms with Crippen molar-refractivity contribution < 1.29 is 23.7 Å². The van der Waals surface area contributed by atoms with Gasteiger partial charge in [0, 0.05) is 12.1 Å². The molecule has 2 aromatic carbocycles. The second-order valence-corrected chi connectivity index (χ2v) is 5.65. The molecule has 0 saturated heterocycles. The quantitative estimate of drug-likeness (QED) is 0.671. The molecule has 144 valence electrons. The van der Waals surface area contributed by atoms with Crippen LogP contribution in [0.25, 0.3) is 6.08 Å². The first-order valence-corrected chi connectivity index (χ1v) is 8.63. The summed E-state index contributed by atoms with van der Waals surface area (Å²) >= 11 is 0. The summed E-state index contributed by atoms with van der Waals surface area (Å²) in [5.41, 5.74) is 1.39. The Labute approximate surface area is 159 Å². The number of carbonyl (C=O) groups is 1. The fraction of sp³-hybridized carbons (Fsp3) is 0.286. The summed E-state index contributed by atoms with van der Waals surface area (Å²) in [5, 5.41) is 2.79. The highest BCUT2D eigenvalue weighted by molar-refractivity contribution is 6.02. The van der Waals surface area contributed by atoms with Crippen LogP contribution in [0.3, 0.4) is 0 Å². The summed E-state index contributed by atoms with van der Waals surface area (Å²) in [6, 6.07) is 10.7. The molecule has 6 heteroatoms. The number of ether oxygens (including phenoxy) is 4. The number of carbonyl (C=O) groups excluding carboxylic acids is 1. The highest BCUT2D eigenvalue weighted by Crippen LogP contribution is 2.30. The molecule has 0 bridgehead atoms. The first-order chi connectivity index (χ1) is 13.1. The van der Waals surface area contributed by atoms with Crippen LogP contribution in [-0.2, 0) is 4.79 Å². The van der Waals surface area contributed by atoms with Crippen LogP contribution in [-0.4, -0.2) is 33.8 Å². The van der Waals surface area contributed by atoms with Crippen LogP contribution in [0, 0.1) is 0 Å². The molecular formula is C21H25NO5. The first kappa shape index (κ1) is 20.2. The third-order valence-corrected chi connectivity index (χ3v) is 3.74. The number of methoxy groups -OCH3 is 3. The summed E-state index contributed by atoms with van der Waals surface area (Å²) in [4.78, 5) is 12.2. The molecule has 0 heterocycles. The zero-order chi connectivity index (χ0) is 19.6. The number of hydrogen-bond acceptors (Lipinski definition) is 5. The largest absolute Gasteiger partial charge is 0.497 e. The molecule has 0 spiro atoms. The van der Waals surface area contributed by atoms with Gasteiger partial charge in [0.25, 0.3) is 0 Å². The molecule has 1 amide bonds. The zero-order valence-electron chi connectivity index (χ0n) is 16.1. The molecule has 0 unspecified atom stereocenters. The average molecular weight is 371 g/mol. The Balaban J connectivity index is 2.08. The van der Waals surface area contributed by atoms with Crippen LogP contribution in [0.5, 0.6) is 23.0 Å². The van der Waals surface area contributed by atoms with Gasteiger partial charge in [-0.15, -0.1) is 0 Å². The summed E-state index contributed by atoms with van der Waals surface area (Å²) in [6.45, 7) is 2.66. The third kappa shape index (κ3) is 5.67. The Kier molecular flexibility index (Phi) is 7.55. The van der Waals surface area contributed by atoms with Crippen molar-refractivity contribution in [2.75, 3.05) is 33.3 Å². The molecule has 0 aliphatic rings. The van der Waals surface area contributed by atoms with E-state index >= 15 is 0 Å². The van der Waals surface area contributed by atoms with E-state index in [1.807, 2.05) is 25.1 Å². The fourth-order valence-corrected chi connectivity index (χ4v) is 2.37. The summed E-state index contributed by atoms with van der Waals surface area (Å²) < 4.78 is 21.4. The van der Waals surface area contributed by atoms with Crippen LogP contribution >= 0.6 is 0 Å². The lowest BCUT2D eigenvalue weighted by atomic mass is 10.2. The normalized spacial score (nSPS) is 10.5. The van der Waals surface area contributed by atoms with E-state index in [1.165, 1.54) is 13.2 Å². The predicted octanol–water partition coefficient (Wildman–Crippen LogP) is 4.15. The molecule has 0 aliphatic heterocycles. The molecule has 0 fully saturated rings. The van der Waals surface area contributed by atoms with Gasteiger partial charge in [-0.1, -0.05) is 13.0 Å². The van der Waals surface area contributed by atoms with E-state index in [-0.39, 0.29) is 5.91 Å². The lowest BCUT2D eigenvalue weighted by Crippen LogP contribution is -2.09. The molecule has 1 N–H and O–H groups in total. The van der Waals surface area contributed by atoms with Gasteiger partial charge < -0.3 is 24.3 Å². The third-order valence-electron chi connectivity index (χ3n) is 3.74. The molecule has 0 saturated carbocycles. The fourth-order valence-electron chi connectivity index (χ4n) is 2.37. The summed E-state index contributed by atoms with van der Waals surface area (Å²) in [5.74, 6) is 2.21. The summed E-state index contributed by atoms with van der Waals surface area (Å²) in [7, 11) is 4.70. The number of benzene rings is 2. The van der Waals surface area contributed by atoms with Crippen molar-refractivity contribution in [3.63, 3.8) is 0 Å². The van der Waals surface area contributed by atoms with Crippen molar-refractivity contribution in [3.8, 4) is 23.0 Å². The lowest BCUT2D eigenvalue weighted by Gasteiger charge is -2.11. The van der Waals surface area contributed by atoms with Gasteiger partial charge in [-0.25, -0.2) is 0 Å². The molecule has 0 radical (unpaired) electrons. The maximum atomic E-state index is 12.2. The molecule has 0 aromatic heterocycles. The second kappa shape index (κ2) is 10.1. The minimum absolute atomic E-state index is 0.274. The average Bonchev–Trinajstić information content (AvgIpc) is 2.71. The smallest absolute Gasteiger partial charge is 0.248 e. The Morgan fingerprint density at radius 1 is 0.963 bits per heavy atom. The predicted molar refractivity (Wildman–Crippen MR) is 106 cm³/mol. The van der Waals surface area contributed by atoms with E-state index in [9.17, 15) is 4.79 Å². The maximum Gasteiger partial charge on any atom is 0.248 e. The number of nitrogens with one attached hydrogen (secondary N) is 1. The Morgan fingerprint density at radius 2 is 1.74 bits per heavy atom. The van der Waals surface area contributed by atoms with Gasteiger partial charge in [-0.3, -0.25) is 4.79 Å². The molecule has 6 nitrogen and oxygen atoms in total. The van der Waals surface area contributed by atoms with Crippen molar-refractivity contribution >= 4 is 17.7 Å². The van der Waals surface area contributed by atoms with Crippen LogP contribution < -0.4 is 24.3 Å².